The van der Waals surface area contributed by atoms with Gasteiger partial charge in [-0.1, -0.05) is 0 Å². The van der Waals surface area contributed by atoms with Crippen molar-refractivity contribution >= 4 is 22.4 Å². The predicted octanol–water partition coefficient (Wildman–Crippen LogP) is 1.19. The van der Waals surface area contributed by atoms with Crippen LogP contribution >= 0.6 is 11.3 Å². The Hall–Kier alpha value is -1.34. The molecule has 0 spiro atoms. The predicted molar refractivity (Wildman–Crippen MR) is 86.1 cm³/mol. The van der Waals surface area contributed by atoms with E-state index in [9.17, 15) is 0 Å². The van der Waals surface area contributed by atoms with Crippen molar-refractivity contribution in [3.63, 3.8) is 0 Å². The Kier molecular flexibility index (Phi) is 4.30. The molecule has 1 aromatic heterocycles. The lowest BCUT2D eigenvalue weighted by Gasteiger charge is -2.22. The van der Waals surface area contributed by atoms with Gasteiger partial charge >= 0.3 is 0 Å². The second kappa shape index (κ2) is 6.19. The molecule has 0 aliphatic carbocycles. The molecule has 0 aromatic carbocycles. The van der Waals surface area contributed by atoms with Crippen molar-refractivity contribution in [2.45, 2.75) is 44.1 Å². The summed E-state index contributed by atoms with van der Waals surface area (Å²) >= 11 is 1.65. The minimum Gasteiger partial charge on any atom is -0.373 e. The number of ether oxygens (including phenoxy) is 1. The van der Waals surface area contributed by atoms with Crippen LogP contribution in [0.25, 0.3) is 0 Å². The Labute approximate surface area is 129 Å². The van der Waals surface area contributed by atoms with E-state index in [1.807, 2.05) is 19.0 Å². The molecule has 0 amide bonds. The largest absolute Gasteiger partial charge is 0.373 e. The van der Waals surface area contributed by atoms with E-state index >= 15 is 0 Å². The molecule has 3 atom stereocenters. The Bertz CT molecular complexity index is 515. The number of anilines is 1. The molecule has 3 unspecified atom stereocenters. The van der Waals surface area contributed by atoms with Crippen LogP contribution in [0, 0.1) is 0 Å². The lowest BCUT2D eigenvalue weighted by molar-refractivity contribution is 0.0992. The van der Waals surface area contributed by atoms with E-state index < -0.39 is 0 Å². The zero-order valence-corrected chi connectivity index (χ0v) is 13.6. The van der Waals surface area contributed by atoms with Gasteiger partial charge in [-0.2, -0.15) is 0 Å². The SMILES string of the molecule is CN=C(NCc1csc(N(C)C)n1)NC1CC2CCC1O2. The summed E-state index contributed by atoms with van der Waals surface area (Å²) in [7, 11) is 5.81. The van der Waals surface area contributed by atoms with Gasteiger partial charge in [-0.3, -0.25) is 4.99 Å². The van der Waals surface area contributed by atoms with Crippen LogP contribution in [-0.4, -0.2) is 50.3 Å². The molecule has 2 N–H and O–H groups in total. The van der Waals surface area contributed by atoms with Crippen LogP contribution in [0.4, 0.5) is 5.13 Å². The first kappa shape index (κ1) is 14.6. The quantitative estimate of drug-likeness (QED) is 0.646. The number of thiazole rings is 1. The highest BCUT2D eigenvalue weighted by Gasteiger charge is 2.41. The maximum Gasteiger partial charge on any atom is 0.191 e. The van der Waals surface area contributed by atoms with Crippen LogP contribution in [0.2, 0.25) is 0 Å². The van der Waals surface area contributed by atoms with Crippen LogP contribution in [0.15, 0.2) is 10.4 Å². The van der Waals surface area contributed by atoms with Gasteiger partial charge in [-0.15, -0.1) is 11.3 Å². The first-order valence-electron chi connectivity index (χ1n) is 7.40. The smallest absolute Gasteiger partial charge is 0.191 e. The fourth-order valence-corrected chi connectivity index (χ4v) is 3.68. The van der Waals surface area contributed by atoms with E-state index in [0.29, 0.717) is 24.8 Å². The number of aliphatic imine (C=N–C) groups is 1. The number of guanidine groups is 1. The van der Waals surface area contributed by atoms with Crippen molar-refractivity contribution in [2.24, 2.45) is 4.99 Å². The van der Waals surface area contributed by atoms with E-state index in [-0.39, 0.29) is 0 Å². The van der Waals surface area contributed by atoms with Gasteiger partial charge in [0.2, 0.25) is 0 Å². The maximum atomic E-state index is 5.86. The lowest BCUT2D eigenvalue weighted by atomic mass is 9.96. The number of rotatable bonds is 4. The topological polar surface area (TPSA) is 61.8 Å². The van der Waals surface area contributed by atoms with Gasteiger partial charge in [0.15, 0.2) is 11.1 Å². The molecule has 2 aliphatic heterocycles. The van der Waals surface area contributed by atoms with E-state index in [1.165, 1.54) is 6.42 Å². The Balaban J connectivity index is 1.50. The molecular weight excluding hydrogens is 286 g/mol. The van der Waals surface area contributed by atoms with Gasteiger partial charge in [0.05, 0.1) is 30.5 Å². The van der Waals surface area contributed by atoms with E-state index in [0.717, 1.165) is 29.6 Å². The minimum atomic E-state index is 0.355. The van der Waals surface area contributed by atoms with Gasteiger partial charge in [-0.05, 0) is 19.3 Å². The monoisotopic (exact) mass is 309 g/mol. The fourth-order valence-electron chi connectivity index (χ4n) is 2.92. The summed E-state index contributed by atoms with van der Waals surface area (Å²) in [5.74, 6) is 0.829. The molecule has 2 bridgehead atoms. The molecule has 116 valence electrons. The molecule has 3 rings (SSSR count). The molecule has 21 heavy (non-hydrogen) atoms. The number of hydrogen-bond acceptors (Lipinski definition) is 5. The van der Waals surface area contributed by atoms with Crippen molar-refractivity contribution in [3.05, 3.63) is 11.1 Å². The molecule has 2 aliphatic rings. The standard InChI is InChI=1S/C14H23N5OS/c1-15-13(18-11-6-10-4-5-12(11)20-10)16-7-9-8-21-14(17-9)19(2)3/h8,10-12H,4-7H2,1-3H3,(H2,15,16,18). The lowest BCUT2D eigenvalue weighted by Crippen LogP contribution is -2.47. The average molecular weight is 309 g/mol. The third kappa shape index (κ3) is 3.29. The second-order valence-electron chi connectivity index (χ2n) is 5.80. The van der Waals surface area contributed by atoms with Crippen LogP contribution in [0.1, 0.15) is 25.0 Å². The molecule has 3 heterocycles. The zero-order chi connectivity index (χ0) is 14.8. The summed E-state index contributed by atoms with van der Waals surface area (Å²) in [5.41, 5.74) is 1.04. The summed E-state index contributed by atoms with van der Waals surface area (Å²) in [6, 6.07) is 0.391. The first-order valence-corrected chi connectivity index (χ1v) is 8.28. The summed E-state index contributed by atoms with van der Waals surface area (Å²) in [4.78, 5) is 10.9. The summed E-state index contributed by atoms with van der Waals surface area (Å²) < 4.78 is 5.86. The van der Waals surface area contributed by atoms with Crippen LogP contribution < -0.4 is 15.5 Å². The van der Waals surface area contributed by atoms with Gasteiger partial charge in [0, 0.05) is 26.5 Å². The van der Waals surface area contributed by atoms with Crippen LogP contribution in [0.5, 0.6) is 0 Å². The van der Waals surface area contributed by atoms with E-state index in [1.54, 1.807) is 18.4 Å². The highest BCUT2D eigenvalue weighted by atomic mass is 32.1. The highest BCUT2D eigenvalue weighted by molar-refractivity contribution is 7.13. The third-order valence-corrected chi connectivity index (χ3v) is 5.07. The Morgan fingerprint density at radius 3 is 2.95 bits per heavy atom. The Morgan fingerprint density at radius 2 is 2.38 bits per heavy atom. The maximum absolute atomic E-state index is 5.86. The molecule has 2 saturated heterocycles. The van der Waals surface area contributed by atoms with Crippen molar-refractivity contribution < 1.29 is 4.74 Å². The highest BCUT2D eigenvalue weighted by Crippen LogP contribution is 2.34. The molecule has 7 heteroatoms. The number of fused-ring (bicyclic) bond motifs is 2. The number of nitrogens with zero attached hydrogens (tertiary/aromatic N) is 3. The average Bonchev–Trinajstić information content (AvgIpc) is 3.18. The van der Waals surface area contributed by atoms with Gasteiger partial charge < -0.3 is 20.3 Å². The molecule has 2 fully saturated rings. The van der Waals surface area contributed by atoms with Crippen molar-refractivity contribution in [1.29, 1.82) is 0 Å². The Morgan fingerprint density at radius 1 is 1.52 bits per heavy atom. The van der Waals surface area contributed by atoms with Gasteiger partial charge in [0.25, 0.3) is 0 Å². The second-order valence-corrected chi connectivity index (χ2v) is 6.64. The number of aromatic nitrogens is 1. The van der Waals surface area contributed by atoms with Crippen molar-refractivity contribution in [2.75, 3.05) is 26.0 Å². The van der Waals surface area contributed by atoms with Gasteiger partial charge in [0.1, 0.15) is 0 Å². The van der Waals surface area contributed by atoms with Crippen molar-refractivity contribution in [1.82, 2.24) is 15.6 Å². The normalized spacial score (nSPS) is 28.0. The number of nitrogens with one attached hydrogen (secondary N) is 2. The zero-order valence-electron chi connectivity index (χ0n) is 12.8. The molecule has 6 nitrogen and oxygen atoms in total. The first-order chi connectivity index (χ1) is 10.2. The van der Waals surface area contributed by atoms with Crippen LogP contribution in [0.3, 0.4) is 0 Å². The third-order valence-electron chi connectivity index (χ3n) is 4.01. The van der Waals surface area contributed by atoms with E-state index in [2.05, 4.69) is 26.0 Å². The van der Waals surface area contributed by atoms with Crippen LogP contribution in [-0.2, 0) is 11.3 Å². The molecule has 0 saturated carbocycles. The number of hydrogen-bond donors (Lipinski definition) is 2. The molecule has 0 radical (unpaired) electrons. The molecular formula is C14H23N5OS. The fraction of sp³-hybridized carbons (Fsp3) is 0.714. The summed E-state index contributed by atoms with van der Waals surface area (Å²) in [6.45, 7) is 0.686. The summed E-state index contributed by atoms with van der Waals surface area (Å²) in [6.07, 6.45) is 4.27. The van der Waals surface area contributed by atoms with E-state index in [4.69, 9.17) is 4.74 Å². The molecule has 1 aromatic rings. The van der Waals surface area contributed by atoms with Gasteiger partial charge in [-0.25, -0.2) is 4.98 Å². The summed E-state index contributed by atoms with van der Waals surface area (Å²) in [5, 5.41) is 9.91. The minimum absolute atomic E-state index is 0.355. The van der Waals surface area contributed by atoms with Crippen molar-refractivity contribution in [3.8, 4) is 0 Å².